The Hall–Kier alpha value is -2.41. The summed E-state index contributed by atoms with van der Waals surface area (Å²) in [5, 5.41) is 0. The first-order valence-corrected chi connectivity index (χ1v) is 9.73. The second kappa shape index (κ2) is 7.68. The summed E-state index contributed by atoms with van der Waals surface area (Å²) in [6.07, 6.45) is 2.91. The Morgan fingerprint density at radius 3 is 2.22 bits per heavy atom. The lowest BCUT2D eigenvalue weighted by Crippen LogP contribution is -2.52. The van der Waals surface area contributed by atoms with E-state index in [-0.39, 0.29) is 23.8 Å². The fourth-order valence-electron chi connectivity index (χ4n) is 3.99. The fraction of sp³-hybridized carbons (Fsp3) is 0.550. The quantitative estimate of drug-likeness (QED) is 0.803. The van der Waals surface area contributed by atoms with Gasteiger partial charge in [-0.05, 0) is 43.5 Å². The van der Waals surface area contributed by atoms with Gasteiger partial charge < -0.3 is 19.4 Å². The molecule has 3 fully saturated rings. The summed E-state index contributed by atoms with van der Waals surface area (Å²) in [6, 6.07) is 7.25. The molecule has 1 unspecified atom stereocenters. The van der Waals surface area contributed by atoms with Crippen LogP contribution in [0.4, 0.5) is 5.69 Å². The van der Waals surface area contributed by atoms with Crippen molar-refractivity contribution >= 4 is 23.4 Å². The average molecular weight is 371 g/mol. The first-order valence-electron chi connectivity index (χ1n) is 9.73. The molecule has 4 rings (SSSR count). The molecule has 0 aromatic heterocycles. The van der Waals surface area contributed by atoms with Crippen LogP contribution in [0, 0.1) is 0 Å². The predicted molar refractivity (Wildman–Crippen MR) is 99.5 cm³/mol. The number of carbonyl (C=O) groups is 3. The van der Waals surface area contributed by atoms with Gasteiger partial charge in [0.2, 0.25) is 5.91 Å². The van der Waals surface area contributed by atoms with Gasteiger partial charge in [0.25, 0.3) is 11.8 Å². The van der Waals surface area contributed by atoms with Crippen LogP contribution in [0.1, 0.15) is 36.0 Å². The van der Waals surface area contributed by atoms with Crippen molar-refractivity contribution in [1.82, 2.24) is 9.80 Å². The highest BCUT2D eigenvalue weighted by atomic mass is 16.5. The van der Waals surface area contributed by atoms with Crippen LogP contribution in [0.25, 0.3) is 0 Å². The molecule has 0 spiro atoms. The summed E-state index contributed by atoms with van der Waals surface area (Å²) >= 11 is 0. The zero-order chi connectivity index (χ0) is 18.8. The number of anilines is 1. The molecule has 3 heterocycles. The van der Waals surface area contributed by atoms with Gasteiger partial charge in [-0.15, -0.1) is 0 Å². The van der Waals surface area contributed by atoms with Crippen LogP contribution in [0.15, 0.2) is 24.3 Å². The van der Waals surface area contributed by atoms with Crippen LogP contribution in [0.2, 0.25) is 0 Å². The summed E-state index contributed by atoms with van der Waals surface area (Å²) < 4.78 is 5.47. The monoisotopic (exact) mass is 371 g/mol. The fourth-order valence-corrected chi connectivity index (χ4v) is 3.99. The molecule has 0 saturated carbocycles. The third-order valence-electron chi connectivity index (χ3n) is 5.58. The van der Waals surface area contributed by atoms with Gasteiger partial charge in [-0.3, -0.25) is 14.4 Å². The van der Waals surface area contributed by atoms with Crippen molar-refractivity contribution in [3.8, 4) is 0 Å². The number of carbonyl (C=O) groups excluding carboxylic acids is 3. The van der Waals surface area contributed by atoms with Gasteiger partial charge in [0.1, 0.15) is 6.10 Å². The Morgan fingerprint density at radius 2 is 1.63 bits per heavy atom. The van der Waals surface area contributed by atoms with Crippen LogP contribution in [0.3, 0.4) is 0 Å². The summed E-state index contributed by atoms with van der Waals surface area (Å²) in [7, 11) is 0. The van der Waals surface area contributed by atoms with Gasteiger partial charge >= 0.3 is 0 Å². The van der Waals surface area contributed by atoms with E-state index in [2.05, 4.69) is 0 Å². The van der Waals surface area contributed by atoms with Crippen molar-refractivity contribution in [2.24, 2.45) is 0 Å². The normalized spacial score (nSPS) is 23.2. The zero-order valence-electron chi connectivity index (χ0n) is 15.4. The number of benzene rings is 1. The number of hydrogen-bond donors (Lipinski definition) is 0. The van der Waals surface area contributed by atoms with Gasteiger partial charge in [0, 0.05) is 57.0 Å². The van der Waals surface area contributed by atoms with E-state index in [9.17, 15) is 14.4 Å². The zero-order valence-corrected chi connectivity index (χ0v) is 15.4. The smallest absolute Gasteiger partial charge is 0.253 e. The van der Waals surface area contributed by atoms with Crippen molar-refractivity contribution in [2.75, 3.05) is 44.2 Å². The third-order valence-corrected chi connectivity index (χ3v) is 5.58. The molecule has 3 saturated heterocycles. The molecule has 27 heavy (non-hydrogen) atoms. The molecule has 3 amide bonds. The highest BCUT2D eigenvalue weighted by Crippen LogP contribution is 2.22. The molecular weight excluding hydrogens is 346 g/mol. The Bertz CT molecular complexity index is 719. The van der Waals surface area contributed by atoms with Crippen LogP contribution in [-0.2, 0) is 14.3 Å². The standard InChI is InChI=1S/C20H25N3O4/c24-18-4-1-9-23(18)16-7-5-15(6-8-16)19(25)21-10-12-22(13-11-21)20(26)17-3-2-14-27-17/h5-8,17H,1-4,9-14H2. The molecule has 1 aromatic rings. The number of nitrogens with zero attached hydrogens (tertiary/aromatic N) is 3. The van der Waals surface area contributed by atoms with E-state index in [1.807, 2.05) is 17.0 Å². The average Bonchev–Trinajstić information content (AvgIpc) is 3.39. The molecule has 7 heteroatoms. The molecule has 144 valence electrons. The first-order chi connectivity index (χ1) is 13.1. The lowest BCUT2D eigenvalue weighted by molar-refractivity contribution is -0.142. The van der Waals surface area contributed by atoms with Crippen LogP contribution < -0.4 is 4.90 Å². The number of amides is 3. The second-order valence-corrected chi connectivity index (χ2v) is 7.31. The largest absolute Gasteiger partial charge is 0.368 e. The maximum atomic E-state index is 12.7. The Labute approximate surface area is 158 Å². The number of hydrogen-bond acceptors (Lipinski definition) is 4. The van der Waals surface area contributed by atoms with Crippen molar-refractivity contribution in [2.45, 2.75) is 31.8 Å². The Balaban J connectivity index is 1.33. The maximum absolute atomic E-state index is 12.7. The van der Waals surface area contributed by atoms with E-state index >= 15 is 0 Å². The summed E-state index contributed by atoms with van der Waals surface area (Å²) in [5.41, 5.74) is 1.46. The minimum absolute atomic E-state index is 0.0292. The molecular formula is C20H25N3O4. The number of rotatable bonds is 3. The SMILES string of the molecule is O=C(c1ccc(N2CCCC2=O)cc1)N1CCN(C(=O)C2CCCO2)CC1. The van der Waals surface area contributed by atoms with Crippen molar-refractivity contribution in [3.63, 3.8) is 0 Å². The third kappa shape index (κ3) is 3.69. The summed E-state index contributed by atoms with van der Waals surface area (Å²) in [6.45, 7) is 3.56. The molecule has 1 atom stereocenters. The molecule has 0 N–H and O–H groups in total. The molecule has 0 bridgehead atoms. The lowest BCUT2D eigenvalue weighted by Gasteiger charge is -2.35. The molecule has 0 radical (unpaired) electrons. The minimum Gasteiger partial charge on any atom is -0.368 e. The molecule has 1 aromatic carbocycles. The number of piperazine rings is 1. The van der Waals surface area contributed by atoms with Crippen LogP contribution >= 0.6 is 0 Å². The van der Waals surface area contributed by atoms with Gasteiger partial charge in [0.05, 0.1) is 0 Å². The topological polar surface area (TPSA) is 70.2 Å². The Kier molecular flexibility index (Phi) is 5.11. The minimum atomic E-state index is -0.298. The first kappa shape index (κ1) is 18.0. The van der Waals surface area contributed by atoms with E-state index in [0.29, 0.717) is 44.8 Å². The van der Waals surface area contributed by atoms with Crippen LogP contribution in [0.5, 0.6) is 0 Å². The van der Waals surface area contributed by atoms with Gasteiger partial charge in [0.15, 0.2) is 0 Å². The summed E-state index contributed by atoms with van der Waals surface area (Å²) in [5.74, 6) is 0.166. The predicted octanol–water partition coefficient (Wildman–Crippen LogP) is 1.28. The van der Waals surface area contributed by atoms with Gasteiger partial charge in [-0.1, -0.05) is 0 Å². The Morgan fingerprint density at radius 1 is 0.926 bits per heavy atom. The molecule has 0 aliphatic carbocycles. The van der Waals surface area contributed by atoms with E-state index < -0.39 is 0 Å². The van der Waals surface area contributed by atoms with Gasteiger partial charge in [-0.25, -0.2) is 0 Å². The molecule has 7 nitrogen and oxygen atoms in total. The lowest BCUT2D eigenvalue weighted by atomic mass is 10.1. The van der Waals surface area contributed by atoms with E-state index in [0.717, 1.165) is 31.5 Å². The van der Waals surface area contributed by atoms with Crippen LogP contribution in [-0.4, -0.2) is 73.0 Å². The van der Waals surface area contributed by atoms with E-state index in [4.69, 9.17) is 4.74 Å². The summed E-state index contributed by atoms with van der Waals surface area (Å²) in [4.78, 5) is 42.3. The van der Waals surface area contributed by atoms with Crippen molar-refractivity contribution in [3.05, 3.63) is 29.8 Å². The second-order valence-electron chi connectivity index (χ2n) is 7.31. The van der Waals surface area contributed by atoms with Crippen molar-refractivity contribution in [1.29, 1.82) is 0 Å². The van der Waals surface area contributed by atoms with Crippen molar-refractivity contribution < 1.29 is 19.1 Å². The molecule has 3 aliphatic heterocycles. The maximum Gasteiger partial charge on any atom is 0.253 e. The number of ether oxygens (including phenoxy) is 1. The highest BCUT2D eigenvalue weighted by molar-refractivity contribution is 5.97. The van der Waals surface area contributed by atoms with E-state index in [1.165, 1.54) is 0 Å². The van der Waals surface area contributed by atoms with Gasteiger partial charge in [-0.2, -0.15) is 0 Å². The van der Waals surface area contributed by atoms with E-state index in [1.54, 1.807) is 21.9 Å². The molecule has 3 aliphatic rings. The highest BCUT2D eigenvalue weighted by Gasteiger charge is 2.31.